The Morgan fingerprint density at radius 2 is 1.97 bits per heavy atom. The molecule has 0 radical (unpaired) electrons. The summed E-state index contributed by atoms with van der Waals surface area (Å²) in [7, 11) is 1.62. The van der Waals surface area contributed by atoms with Gasteiger partial charge in [0.05, 0.1) is 17.6 Å². The number of anilines is 2. The third-order valence-corrected chi connectivity index (χ3v) is 5.87. The fraction of sp³-hybridized carbons (Fsp3) is 0.296. The van der Waals surface area contributed by atoms with Gasteiger partial charge in [-0.2, -0.15) is 0 Å². The molecule has 0 atom stereocenters. The third-order valence-electron chi connectivity index (χ3n) is 5.58. The van der Waals surface area contributed by atoms with Gasteiger partial charge in [0.15, 0.2) is 0 Å². The summed E-state index contributed by atoms with van der Waals surface area (Å²) in [6.45, 7) is 6.12. The van der Waals surface area contributed by atoms with Crippen molar-refractivity contribution in [3.05, 3.63) is 71.4 Å². The first-order valence-corrected chi connectivity index (χ1v) is 11.9. The van der Waals surface area contributed by atoms with Crippen molar-refractivity contribution in [1.29, 1.82) is 0 Å². The summed E-state index contributed by atoms with van der Waals surface area (Å²) in [6.07, 6.45) is 9.87. The number of halogens is 2. The van der Waals surface area contributed by atoms with Crippen LogP contribution in [0.15, 0.2) is 55.0 Å². The summed E-state index contributed by atoms with van der Waals surface area (Å²) in [6, 6.07) is 8.23. The Balaban J connectivity index is 1.83. The van der Waals surface area contributed by atoms with Gasteiger partial charge in [-0.05, 0) is 50.5 Å². The SMILES string of the molecule is C=C(CCCCCCC=O)N/C(=C\C)c1cc2c(Nc3ccc(F)c(Cl)c3)ncnc2cc1OC. The largest absolute Gasteiger partial charge is 0.496 e. The number of aldehydes is 1. The molecule has 0 aliphatic heterocycles. The number of hydrogen-bond acceptors (Lipinski definition) is 6. The van der Waals surface area contributed by atoms with E-state index >= 15 is 0 Å². The van der Waals surface area contributed by atoms with Crippen LogP contribution in [-0.4, -0.2) is 23.4 Å². The van der Waals surface area contributed by atoms with Crippen LogP contribution in [0.3, 0.4) is 0 Å². The molecule has 2 aromatic carbocycles. The molecule has 0 amide bonds. The Kier molecular flexibility index (Phi) is 9.61. The molecular weight excluding hydrogens is 467 g/mol. The number of aromatic nitrogens is 2. The van der Waals surface area contributed by atoms with Crippen LogP contribution in [0.2, 0.25) is 5.02 Å². The van der Waals surface area contributed by atoms with Crippen LogP contribution in [0, 0.1) is 5.82 Å². The van der Waals surface area contributed by atoms with Crippen molar-refractivity contribution in [2.24, 2.45) is 0 Å². The summed E-state index contributed by atoms with van der Waals surface area (Å²) < 4.78 is 19.2. The Bertz CT molecular complexity index is 1230. The van der Waals surface area contributed by atoms with Gasteiger partial charge < -0.3 is 20.2 Å². The maximum atomic E-state index is 13.6. The maximum absolute atomic E-state index is 13.6. The minimum absolute atomic E-state index is 0.0263. The number of nitrogens with one attached hydrogen (secondary N) is 2. The average Bonchev–Trinajstić information content (AvgIpc) is 2.86. The molecule has 0 bridgehead atoms. The third kappa shape index (κ3) is 7.02. The van der Waals surface area contributed by atoms with Crippen molar-refractivity contribution in [3.63, 3.8) is 0 Å². The van der Waals surface area contributed by atoms with Crippen molar-refractivity contribution >= 4 is 46.0 Å². The number of carbonyl (C=O) groups is 1. The number of unbranched alkanes of at least 4 members (excludes halogenated alkanes) is 4. The van der Waals surface area contributed by atoms with Gasteiger partial charge in [-0.1, -0.05) is 37.1 Å². The Labute approximate surface area is 210 Å². The fourth-order valence-electron chi connectivity index (χ4n) is 3.74. The van der Waals surface area contributed by atoms with Crippen molar-refractivity contribution in [2.75, 3.05) is 12.4 Å². The predicted octanol–water partition coefficient (Wildman–Crippen LogP) is 7.18. The highest BCUT2D eigenvalue weighted by Gasteiger charge is 2.15. The molecule has 0 aliphatic rings. The maximum Gasteiger partial charge on any atom is 0.141 e. The molecule has 0 aliphatic carbocycles. The van der Waals surface area contributed by atoms with E-state index in [1.165, 1.54) is 18.5 Å². The minimum Gasteiger partial charge on any atom is -0.496 e. The van der Waals surface area contributed by atoms with Crippen LogP contribution < -0.4 is 15.4 Å². The first kappa shape index (κ1) is 26.2. The van der Waals surface area contributed by atoms with Crippen molar-refractivity contribution in [2.45, 2.75) is 45.4 Å². The van der Waals surface area contributed by atoms with Crippen LogP contribution in [0.1, 0.15) is 51.0 Å². The molecule has 0 spiro atoms. The zero-order chi connectivity index (χ0) is 25.2. The van der Waals surface area contributed by atoms with Crippen molar-refractivity contribution in [3.8, 4) is 5.75 Å². The Morgan fingerprint density at radius 1 is 1.17 bits per heavy atom. The average molecular weight is 497 g/mol. The van der Waals surface area contributed by atoms with E-state index in [1.807, 2.05) is 25.1 Å². The highest BCUT2D eigenvalue weighted by molar-refractivity contribution is 6.31. The molecule has 0 saturated carbocycles. The molecule has 3 rings (SSSR count). The topological polar surface area (TPSA) is 76.1 Å². The quantitative estimate of drug-likeness (QED) is 0.193. The molecule has 2 N–H and O–H groups in total. The smallest absolute Gasteiger partial charge is 0.141 e. The predicted molar refractivity (Wildman–Crippen MR) is 140 cm³/mol. The second kappa shape index (κ2) is 12.9. The molecule has 0 unspecified atom stereocenters. The molecule has 3 aromatic rings. The molecular formula is C27H30ClFN4O2. The van der Waals surface area contributed by atoms with Gasteiger partial charge in [0.1, 0.15) is 30.0 Å². The van der Waals surface area contributed by atoms with Crippen LogP contribution in [0.25, 0.3) is 16.6 Å². The lowest BCUT2D eigenvalue weighted by molar-refractivity contribution is -0.107. The molecule has 35 heavy (non-hydrogen) atoms. The van der Waals surface area contributed by atoms with E-state index in [0.29, 0.717) is 29.2 Å². The lowest BCUT2D eigenvalue weighted by Gasteiger charge is -2.18. The summed E-state index contributed by atoms with van der Waals surface area (Å²) in [4.78, 5) is 19.2. The standard InChI is InChI=1S/C27H30ClFN4O2/c1-4-24(32-18(2)10-8-6-5-7-9-13-34)20-15-21-25(16-26(20)35-3)30-17-31-27(21)33-19-11-12-23(29)22(28)14-19/h4,11-17,32H,2,5-10H2,1,3H3,(H,30,31,33)/b24-4-. The highest BCUT2D eigenvalue weighted by atomic mass is 35.5. The molecule has 8 heteroatoms. The Hall–Kier alpha value is -3.45. The van der Waals surface area contributed by atoms with Crippen LogP contribution in [0.4, 0.5) is 15.9 Å². The van der Waals surface area contributed by atoms with E-state index in [2.05, 4.69) is 27.2 Å². The van der Waals surface area contributed by atoms with Gasteiger partial charge >= 0.3 is 0 Å². The number of allylic oxidation sites excluding steroid dienone is 2. The number of methoxy groups -OCH3 is 1. The zero-order valence-electron chi connectivity index (χ0n) is 20.0. The number of hydrogen-bond donors (Lipinski definition) is 2. The van der Waals surface area contributed by atoms with Crippen molar-refractivity contribution in [1.82, 2.24) is 15.3 Å². The molecule has 1 aromatic heterocycles. The van der Waals surface area contributed by atoms with Crippen LogP contribution in [0.5, 0.6) is 5.75 Å². The summed E-state index contributed by atoms with van der Waals surface area (Å²) in [5, 5.41) is 7.42. The highest BCUT2D eigenvalue weighted by Crippen LogP contribution is 2.33. The number of nitrogens with zero attached hydrogens (tertiary/aromatic N) is 2. The van der Waals surface area contributed by atoms with Crippen LogP contribution >= 0.6 is 11.6 Å². The summed E-state index contributed by atoms with van der Waals surface area (Å²) in [5.41, 5.74) is 3.90. The summed E-state index contributed by atoms with van der Waals surface area (Å²) >= 11 is 5.94. The monoisotopic (exact) mass is 496 g/mol. The summed E-state index contributed by atoms with van der Waals surface area (Å²) in [5.74, 6) is 0.738. The first-order chi connectivity index (χ1) is 17.0. The van der Waals surface area contributed by atoms with E-state index in [4.69, 9.17) is 16.3 Å². The number of ether oxygens (including phenoxy) is 1. The number of benzene rings is 2. The van der Waals surface area contributed by atoms with E-state index in [0.717, 1.165) is 60.7 Å². The second-order valence-corrected chi connectivity index (χ2v) is 8.50. The minimum atomic E-state index is -0.484. The fourth-order valence-corrected chi connectivity index (χ4v) is 3.92. The van der Waals surface area contributed by atoms with Gasteiger partial charge in [0, 0.05) is 40.5 Å². The second-order valence-electron chi connectivity index (χ2n) is 8.10. The van der Waals surface area contributed by atoms with E-state index < -0.39 is 5.82 Å². The van der Waals surface area contributed by atoms with E-state index in [9.17, 15) is 9.18 Å². The number of fused-ring (bicyclic) bond motifs is 1. The molecule has 0 fully saturated rings. The van der Waals surface area contributed by atoms with Gasteiger partial charge in [0.2, 0.25) is 0 Å². The molecule has 184 valence electrons. The lowest BCUT2D eigenvalue weighted by Crippen LogP contribution is -2.12. The van der Waals surface area contributed by atoms with E-state index in [-0.39, 0.29) is 5.02 Å². The lowest BCUT2D eigenvalue weighted by atomic mass is 10.1. The first-order valence-electron chi connectivity index (χ1n) is 11.6. The van der Waals surface area contributed by atoms with Gasteiger partial charge in [-0.15, -0.1) is 0 Å². The molecule has 1 heterocycles. The van der Waals surface area contributed by atoms with Crippen LogP contribution in [-0.2, 0) is 4.79 Å². The zero-order valence-corrected chi connectivity index (χ0v) is 20.8. The number of rotatable bonds is 13. The van der Waals surface area contributed by atoms with Gasteiger partial charge in [-0.25, -0.2) is 14.4 Å². The number of carbonyl (C=O) groups excluding carboxylic acids is 1. The van der Waals surface area contributed by atoms with Crippen molar-refractivity contribution < 1.29 is 13.9 Å². The van der Waals surface area contributed by atoms with Gasteiger partial charge in [-0.3, -0.25) is 0 Å². The van der Waals surface area contributed by atoms with Gasteiger partial charge in [0.25, 0.3) is 0 Å². The normalized spacial score (nSPS) is 11.4. The Morgan fingerprint density at radius 3 is 2.69 bits per heavy atom. The molecule has 0 saturated heterocycles. The van der Waals surface area contributed by atoms with E-state index in [1.54, 1.807) is 13.2 Å². The molecule has 6 nitrogen and oxygen atoms in total.